The Labute approximate surface area is 122 Å². The minimum absolute atomic E-state index is 0.288. The number of anilines is 1. The van der Waals surface area contributed by atoms with Gasteiger partial charge in [-0.3, -0.25) is 4.98 Å². The third-order valence-electron chi connectivity index (χ3n) is 3.08. The van der Waals surface area contributed by atoms with Crippen molar-refractivity contribution in [2.75, 3.05) is 11.9 Å². The van der Waals surface area contributed by atoms with E-state index in [0.29, 0.717) is 12.5 Å². The number of nitrogens with zero attached hydrogens (tertiary/aromatic N) is 1. The number of halogens is 1. The molecule has 0 aliphatic carbocycles. The van der Waals surface area contributed by atoms with Gasteiger partial charge in [0.05, 0.1) is 11.2 Å². The molecule has 1 atom stereocenters. The Morgan fingerprint density at radius 1 is 1.37 bits per heavy atom. The Balaban J connectivity index is 2.29. The predicted octanol–water partition coefficient (Wildman–Crippen LogP) is 3.78. The SMILES string of the molecule is CC(C)CC(CN)Nc1cccc2cc(Br)cnc12. The first-order valence-electron chi connectivity index (χ1n) is 6.61. The number of aromatic nitrogens is 1. The first kappa shape index (κ1) is 14.3. The zero-order valence-corrected chi connectivity index (χ0v) is 12.9. The van der Waals surface area contributed by atoms with Crippen LogP contribution in [0.25, 0.3) is 10.9 Å². The summed E-state index contributed by atoms with van der Waals surface area (Å²) in [6, 6.07) is 8.54. The molecule has 2 rings (SSSR count). The molecule has 3 N–H and O–H groups in total. The van der Waals surface area contributed by atoms with E-state index in [1.807, 2.05) is 12.3 Å². The largest absolute Gasteiger partial charge is 0.379 e. The molecular weight excluding hydrogens is 302 g/mol. The van der Waals surface area contributed by atoms with Crippen molar-refractivity contribution in [2.24, 2.45) is 11.7 Å². The molecule has 4 heteroatoms. The molecule has 3 nitrogen and oxygen atoms in total. The van der Waals surface area contributed by atoms with E-state index in [9.17, 15) is 0 Å². The van der Waals surface area contributed by atoms with E-state index in [4.69, 9.17) is 5.73 Å². The summed E-state index contributed by atoms with van der Waals surface area (Å²) in [7, 11) is 0. The van der Waals surface area contributed by atoms with Crippen LogP contribution < -0.4 is 11.1 Å². The highest BCUT2D eigenvalue weighted by Gasteiger charge is 2.11. The van der Waals surface area contributed by atoms with Crippen LogP contribution in [-0.4, -0.2) is 17.6 Å². The summed E-state index contributed by atoms with van der Waals surface area (Å²) >= 11 is 3.45. The molecule has 0 amide bonds. The van der Waals surface area contributed by atoms with Crippen molar-refractivity contribution >= 4 is 32.5 Å². The Morgan fingerprint density at radius 2 is 2.16 bits per heavy atom. The van der Waals surface area contributed by atoms with Crippen LogP contribution in [0.3, 0.4) is 0 Å². The number of hydrogen-bond acceptors (Lipinski definition) is 3. The number of nitrogens with one attached hydrogen (secondary N) is 1. The molecule has 0 aliphatic heterocycles. The first-order chi connectivity index (χ1) is 9.10. The van der Waals surface area contributed by atoms with Gasteiger partial charge in [0, 0.05) is 28.6 Å². The highest BCUT2D eigenvalue weighted by molar-refractivity contribution is 9.10. The van der Waals surface area contributed by atoms with Crippen LogP contribution in [0.15, 0.2) is 34.9 Å². The van der Waals surface area contributed by atoms with Crippen molar-refractivity contribution in [1.82, 2.24) is 4.98 Å². The molecule has 1 unspecified atom stereocenters. The lowest BCUT2D eigenvalue weighted by Gasteiger charge is -2.20. The Bertz CT molecular complexity index is 554. The van der Waals surface area contributed by atoms with Crippen LogP contribution in [0.1, 0.15) is 20.3 Å². The van der Waals surface area contributed by atoms with Crippen molar-refractivity contribution in [3.05, 3.63) is 34.9 Å². The molecule has 2 aromatic rings. The van der Waals surface area contributed by atoms with E-state index in [-0.39, 0.29) is 6.04 Å². The van der Waals surface area contributed by atoms with Gasteiger partial charge < -0.3 is 11.1 Å². The van der Waals surface area contributed by atoms with Gasteiger partial charge >= 0.3 is 0 Å². The van der Waals surface area contributed by atoms with Crippen molar-refractivity contribution in [3.63, 3.8) is 0 Å². The summed E-state index contributed by atoms with van der Waals surface area (Å²) in [6.07, 6.45) is 2.89. The van der Waals surface area contributed by atoms with Crippen LogP contribution in [0.5, 0.6) is 0 Å². The molecule has 102 valence electrons. The number of pyridine rings is 1. The van der Waals surface area contributed by atoms with Gasteiger partial charge in [0.25, 0.3) is 0 Å². The fraction of sp³-hybridized carbons (Fsp3) is 0.400. The van der Waals surface area contributed by atoms with Crippen molar-refractivity contribution in [2.45, 2.75) is 26.3 Å². The van der Waals surface area contributed by atoms with Crippen LogP contribution in [-0.2, 0) is 0 Å². The third kappa shape index (κ3) is 3.67. The van der Waals surface area contributed by atoms with Crippen LogP contribution in [0.2, 0.25) is 0 Å². The normalized spacial score (nSPS) is 12.9. The number of nitrogens with two attached hydrogens (primary N) is 1. The minimum atomic E-state index is 0.288. The van der Waals surface area contributed by atoms with Gasteiger partial charge in [-0.15, -0.1) is 0 Å². The molecule has 0 spiro atoms. The number of benzene rings is 1. The highest BCUT2D eigenvalue weighted by atomic mass is 79.9. The molecule has 19 heavy (non-hydrogen) atoms. The third-order valence-corrected chi connectivity index (χ3v) is 3.51. The van der Waals surface area contributed by atoms with Crippen LogP contribution in [0.4, 0.5) is 5.69 Å². The van der Waals surface area contributed by atoms with Gasteiger partial charge in [-0.05, 0) is 40.4 Å². The van der Waals surface area contributed by atoms with E-state index >= 15 is 0 Å². The van der Waals surface area contributed by atoms with Crippen LogP contribution in [0, 0.1) is 5.92 Å². The topological polar surface area (TPSA) is 50.9 Å². The fourth-order valence-corrected chi connectivity index (χ4v) is 2.60. The Hall–Kier alpha value is -1.13. The molecule has 1 aromatic carbocycles. The van der Waals surface area contributed by atoms with Gasteiger partial charge in [0.15, 0.2) is 0 Å². The molecule has 0 saturated carbocycles. The minimum Gasteiger partial charge on any atom is -0.379 e. The monoisotopic (exact) mass is 321 g/mol. The molecule has 0 bridgehead atoms. The van der Waals surface area contributed by atoms with Gasteiger partial charge in [-0.25, -0.2) is 0 Å². The van der Waals surface area contributed by atoms with Crippen LogP contribution >= 0.6 is 15.9 Å². The second-order valence-electron chi connectivity index (χ2n) is 5.24. The summed E-state index contributed by atoms with van der Waals surface area (Å²) in [4.78, 5) is 4.50. The van der Waals surface area contributed by atoms with E-state index in [1.165, 1.54) is 0 Å². The number of rotatable bonds is 5. The summed E-state index contributed by atoms with van der Waals surface area (Å²) in [5.41, 5.74) is 7.90. The van der Waals surface area contributed by atoms with Crippen molar-refractivity contribution in [1.29, 1.82) is 0 Å². The lowest BCUT2D eigenvalue weighted by atomic mass is 10.0. The average molecular weight is 322 g/mol. The van der Waals surface area contributed by atoms with Gasteiger partial charge in [-0.2, -0.15) is 0 Å². The molecule has 0 aliphatic rings. The zero-order chi connectivity index (χ0) is 13.8. The van der Waals surface area contributed by atoms with Crippen molar-refractivity contribution < 1.29 is 0 Å². The summed E-state index contributed by atoms with van der Waals surface area (Å²) in [5.74, 6) is 0.623. The summed E-state index contributed by atoms with van der Waals surface area (Å²) < 4.78 is 0.995. The molecular formula is C15H20BrN3. The maximum atomic E-state index is 5.85. The van der Waals surface area contributed by atoms with E-state index < -0.39 is 0 Å². The lowest BCUT2D eigenvalue weighted by molar-refractivity contribution is 0.522. The molecule has 0 saturated heterocycles. The van der Waals surface area contributed by atoms with E-state index in [1.54, 1.807) is 0 Å². The molecule has 0 fully saturated rings. The van der Waals surface area contributed by atoms with Crippen molar-refractivity contribution in [3.8, 4) is 0 Å². The molecule has 1 aromatic heterocycles. The van der Waals surface area contributed by atoms with Gasteiger partial charge in [-0.1, -0.05) is 26.0 Å². The van der Waals surface area contributed by atoms with Gasteiger partial charge in [0.2, 0.25) is 0 Å². The number of fused-ring (bicyclic) bond motifs is 1. The lowest BCUT2D eigenvalue weighted by Crippen LogP contribution is -2.30. The molecule has 1 heterocycles. The Kier molecular flexibility index (Phi) is 4.77. The fourth-order valence-electron chi connectivity index (χ4n) is 2.25. The second-order valence-corrected chi connectivity index (χ2v) is 6.15. The maximum absolute atomic E-state index is 5.85. The van der Waals surface area contributed by atoms with E-state index in [0.717, 1.165) is 27.5 Å². The second kappa shape index (κ2) is 6.35. The first-order valence-corrected chi connectivity index (χ1v) is 7.40. The standard InChI is InChI=1S/C15H20BrN3/c1-10(2)6-13(8-17)19-14-5-3-4-11-7-12(16)9-18-15(11)14/h3-5,7,9-10,13,19H,6,8,17H2,1-2H3. The highest BCUT2D eigenvalue weighted by Crippen LogP contribution is 2.25. The summed E-state index contributed by atoms with van der Waals surface area (Å²) in [6.45, 7) is 5.05. The predicted molar refractivity (Wildman–Crippen MR) is 85.4 cm³/mol. The van der Waals surface area contributed by atoms with Gasteiger partial charge in [0.1, 0.15) is 0 Å². The number of hydrogen-bond donors (Lipinski definition) is 2. The maximum Gasteiger partial charge on any atom is 0.0934 e. The molecule has 0 radical (unpaired) electrons. The number of para-hydroxylation sites is 1. The summed E-state index contributed by atoms with van der Waals surface area (Å²) in [5, 5.41) is 4.64. The average Bonchev–Trinajstić information content (AvgIpc) is 2.37. The zero-order valence-electron chi connectivity index (χ0n) is 11.4. The smallest absolute Gasteiger partial charge is 0.0934 e. The Morgan fingerprint density at radius 3 is 2.84 bits per heavy atom. The van der Waals surface area contributed by atoms with E-state index in [2.05, 4.69) is 58.3 Å². The quantitative estimate of drug-likeness (QED) is 0.881.